The highest BCUT2D eigenvalue weighted by Gasteiger charge is 2.34. The molecule has 0 aliphatic rings. The van der Waals surface area contributed by atoms with E-state index in [1.807, 2.05) is 19.1 Å². The number of carbonyl (C=O) groups excluding carboxylic acids is 4. The minimum atomic E-state index is -1.56. The number of primary amides is 1. The summed E-state index contributed by atoms with van der Waals surface area (Å²) in [6.45, 7) is 4.85. The molecule has 0 aliphatic carbocycles. The minimum absolute atomic E-state index is 0.0812. The average molecular weight is 533 g/mol. The van der Waals surface area contributed by atoms with E-state index in [1.165, 1.54) is 6.92 Å². The van der Waals surface area contributed by atoms with Crippen molar-refractivity contribution in [3.63, 3.8) is 0 Å². The van der Waals surface area contributed by atoms with Gasteiger partial charge in [-0.15, -0.1) is 0 Å². The molecule has 0 aliphatic heterocycles. The molecule has 6 atom stereocenters. The number of aromatic nitrogens is 1. The van der Waals surface area contributed by atoms with Crippen LogP contribution in [0.2, 0.25) is 0 Å². The summed E-state index contributed by atoms with van der Waals surface area (Å²) in [6, 6.07) is 1.83. The lowest BCUT2D eigenvalue weighted by atomic mass is 9.98. The van der Waals surface area contributed by atoms with Gasteiger partial charge in [0, 0.05) is 23.5 Å². The van der Waals surface area contributed by atoms with Gasteiger partial charge in [0.1, 0.15) is 18.1 Å². The molecule has 1 aromatic carbocycles. The first kappa shape index (κ1) is 30.3. The highest BCUT2D eigenvalue weighted by Crippen LogP contribution is 2.19. The molecule has 0 saturated carbocycles. The van der Waals surface area contributed by atoms with Crippen LogP contribution in [0.4, 0.5) is 0 Å². The number of rotatable bonds is 14. The Labute approximate surface area is 219 Å². The third kappa shape index (κ3) is 8.02. The second-order valence-electron chi connectivity index (χ2n) is 9.33. The molecule has 0 radical (unpaired) electrons. The second kappa shape index (κ2) is 13.5. The molecule has 10 N–H and O–H groups in total. The number of aromatic amines is 1. The van der Waals surface area contributed by atoms with Crippen LogP contribution in [0.25, 0.3) is 10.9 Å². The summed E-state index contributed by atoms with van der Waals surface area (Å²) < 4.78 is 0. The summed E-state index contributed by atoms with van der Waals surface area (Å²) >= 11 is 0. The van der Waals surface area contributed by atoms with Crippen LogP contribution in [0.1, 0.15) is 39.2 Å². The lowest BCUT2D eigenvalue weighted by Gasteiger charge is -2.27. The predicted molar refractivity (Wildman–Crippen MR) is 138 cm³/mol. The lowest BCUT2D eigenvalue weighted by molar-refractivity contribution is -0.142. The number of H-pyrrole nitrogens is 1. The Morgan fingerprint density at radius 1 is 0.974 bits per heavy atom. The van der Waals surface area contributed by atoms with Gasteiger partial charge in [-0.2, -0.15) is 0 Å². The molecule has 4 amide bonds. The molecule has 2 rings (SSSR count). The van der Waals surface area contributed by atoms with Crippen LogP contribution in [-0.4, -0.2) is 75.1 Å². The van der Waals surface area contributed by atoms with Crippen LogP contribution < -0.4 is 27.4 Å². The van der Waals surface area contributed by atoms with Gasteiger partial charge in [0.05, 0.1) is 18.6 Å². The van der Waals surface area contributed by atoms with Gasteiger partial charge in [-0.05, 0) is 24.5 Å². The van der Waals surface area contributed by atoms with Crippen molar-refractivity contribution in [2.45, 2.75) is 70.3 Å². The van der Waals surface area contributed by atoms with Gasteiger partial charge in [0.2, 0.25) is 23.6 Å². The van der Waals surface area contributed by atoms with Crippen molar-refractivity contribution in [3.8, 4) is 0 Å². The number of fused-ring (bicyclic) bond motifs is 1. The smallest absolute Gasteiger partial charge is 0.326 e. The minimum Gasteiger partial charge on any atom is -0.480 e. The number of hydrogen-bond donors (Lipinski definition) is 8. The molecule has 1 aromatic heterocycles. The maximum absolute atomic E-state index is 13.0. The van der Waals surface area contributed by atoms with Crippen molar-refractivity contribution >= 4 is 40.5 Å². The van der Waals surface area contributed by atoms with E-state index in [0.717, 1.165) is 10.9 Å². The molecule has 6 unspecified atom stereocenters. The number of nitrogens with two attached hydrogens (primary N) is 2. The monoisotopic (exact) mass is 532 g/mol. The highest BCUT2D eigenvalue weighted by molar-refractivity contribution is 5.96. The number of nitrogens with one attached hydrogen (secondary N) is 4. The van der Waals surface area contributed by atoms with Gasteiger partial charge >= 0.3 is 5.97 Å². The van der Waals surface area contributed by atoms with Crippen LogP contribution in [0.3, 0.4) is 0 Å². The fraction of sp³-hybridized carbons (Fsp3) is 0.480. The Morgan fingerprint density at radius 3 is 2.18 bits per heavy atom. The Kier molecular flexibility index (Phi) is 10.8. The number of carboxylic acid groups (broad SMARTS) is 1. The van der Waals surface area contributed by atoms with Gasteiger partial charge in [-0.1, -0.05) is 38.5 Å². The molecule has 0 saturated heterocycles. The number of aliphatic hydroxyl groups is 1. The molecule has 13 nitrogen and oxygen atoms in total. The lowest BCUT2D eigenvalue weighted by Crippen LogP contribution is -2.60. The first-order chi connectivity index (χ1) is 17.8. The van der Waals surface area contributed by atoms with Crippen LogP contribution >= 0.6 is 0 Å². The third-order valence-electron chi connectivity index (χ3n) is 6.37. The zero-order valence-electron chi connectivity index (χ0n) is 21.6. The largest absolute Gasteiger partial charge is 0.480 e. The number of amides is 4. The van der Waals surface area contributed by atoms with E-state index < -0.39 is 66.3 Å². The second-order valence-corrected chi connectivity index (χ2v) is 9.33. The first-order valence-corrected chi connectivity index (χ1v) is 12.3. The maximum atomic E-state index is 13.0. The molecule has 0 spiro atoms. The topological polar surface area (TPSA) is 230 Å². The molecular weight excluding hydrogens is 496 g/mol. The predicted octanol–water partition coefficient (Wildman–Crippen LogP) is -1.12. The van der Waals surface area contributed by atoms with Gasteiger partial charge in [0.15, 0.2) is 0 Å². The Hall–Kier alpha value is -3.97. The summed E-state index contributed by atoms with van der Waals surface area (Å²) in [4.78, 5) is 65.0. The number of para-hydroxylation sites is 1. The number of carboxylic acids is 1. The number of aliphatic hydroxyl groups excluding tert-OH is 1. The molecular formula is C25H36N6O7. The van der Waals surface area contributed by atoms with E-state index in [-0.39, 0.29) is 12.3 Å². The van der Waals surface area contributed by atoms with Gasteiger partial charge < -0.3 is 42.6 Å². The molecule has 0 fully saturated rings. The summed E-state index contributed by atoms with van der Waals surface area (Å²) in [5.41, 5.74) is 12.6. The number of benzene rings is 1. The van der Waals surface area contributed by atoms with Crippen molar-refractivity contribution in [1.29, 1.82) is 0 Å². The average Bonchev–Trinajstić information content (AvgIpc) is 3.27. The molecule has 208 valence electrons. The van der Waals surface area contributed by atoms with Crippen LogP contribution in [0.15, 0.2) is 30.5 Å². The van der Waals surface area contributed by atoms with E-state index in [4.69, 9.17) is 11.5 Å². The van der Waals surface area contributed by atoms with Crippen molar-refractivity contribution < 1.29 is 34.2 Å². The van der Waals surface area contributed by atoms with Gasteiger partial charge in [-0.3, -0.25) is 19.2 Å². The van der Waals surface area contributed by atoms with E-state index in [1.54, 1.807) is 25.3 Å². The molecule has 1 heterocycles. The van der Waals surface area contributed by atoms with Crippen LogP contribution in [-0.2, 0) is 30.4 Å². The fourth-order valence-corrected chi connectivity index (χ4v) is 3.83. The fourth-order valence-electron chi connectivity index (χ4n) is 3.83. The zero-order valence-corrected chi connectivity index (χ0v) is 21.6. The van der Waals surface area contributed by atoms with Gasteiger partial charge in [0.25, 0.3) is 0 Å². The number of carbonyl (C=O) groups is 5. The summed E-state index contributed by atoms with van der Waals surface area (Å²) in [7, 11) is 0. The SMILES string of the molecule is CCC(C)C(N)C(=O)NC(C(=O)NC(CC(N)=O)C(=O)NC(Cc1c[nH]c2ccccc12)C(=O)O)C(C)O. The maximum Gasteiger partial charge on any atom is 0.326 e. The Bertz CT molecular complexity index is 1160. The van der Waals surface area contributed by atoms with Crippen molar-refractivity contribution in [1.82, 2.24) is 20.9 Å². The van der Waals surface area contributed by atoms with Gasteiger partial charge in [-0.25, -0.2) is 4.79 Å². The molecule has 38 heavy (non-hydrogen) atoms. The van der Waals surface area contributed by atoms with Crippen molar-refractivity contribution in [3.05, 3.63) is 36.0 Å². The Morgan fingerprint density at radius 2 is 1.61 bits per heavy atom. The zero-order chi connectivity index (χ0) is 28.6. The third-order valence-corrected chi connectivity index (χ3v) is 6.37. The van der Waals surface area contributed by atoms with E-state index in [2.05, 4.69) is 20.9 Å². The molecule has 2 aromatic rings. The first-order valence-electron chi connectivity index (χ1n) is 12.3. The van der Waals surface area contributed by atoms with Crippen LogP contribution in [0.5, 0.6) is 0 Å². The quantitative estimate of drug-likeness (QED) is 0.148. The summed E-state index contributed by atoms with van der Waals surface area (Å²) in [5.74, 6) is -5.11. The van der Waals surface area contributed by atoms with Crippen molar-refractivity contribution in [2.75, 3.05) is 0 Å². The highest BCUT2D eigenvalue weighted by atomic mass is 16.4. The normalized spacial score (nSPS) is 15.9. The van der Waals surface area contributed by atoms with E-state index in [9.17, 15) is 34.2 Å². The molecule has 0 bridgehead atoms. The van der Waals surface area contributed by atoms with E-state index >= 15 is 0 Å². The molecule has 13 heteroatoms. The number of hydrogen-bond acceptors (Lipinski definition) is 7. The standard InChI is InChI=1S/C25H36N6O7/c1-4-12(2)20(27)23(35)31-21(13(3)32)24(36)29-17(10-19(26)33)22(34)30-18(25(37)38)9-14-11-28-16-8-6-5-7-15(14)16/h5-8,11-13,17-18,20-21,28,32H,4,9-10,27H2,1-3H3,(H2,26,33)(H,29,36)(H,30,34)(H,31,35)(H,37,38). The summed E-state index contributed by atoms with van der Waals surface area (Å²) in [5, 5.41) is 27.6. The Balaban J connectivity index is 2.18. The van der Waals surface area contributed by atoms with Crippen LogP contribution in [0, 0.1) is 5.92 Å². The summed E-state index contributed by atoms with van der Waals surface area (Å²) in [6.07, 6.45) is 0.125. The van der Waals surface area contributed by atoms with E-state index in [0.29, 0.717) is 12.0 Å². The van der Waals surface area contributed by atoms with Crippen molar-refractivity contribution in [2.24, 2.45) is 17.4 Å². The number of aliphatic carboxylic acids is 1.